The summed E-state index contributed by atoms with van der Waals surface area (Å²) in [7, 11) is 0. The molecule has 0 spiro atoms. The third-order valence-electron chi connectivity index (χ3n) is 3.28. The SMILES string of the molecule is Cc1cc(NC(=O)C(=O)NCC[C@@H](CCO)c2cccs2)no1. The Hall–Kier alpha value is -2.19. The van der Waals surface area contributed by atoms with Gasteiger partial charge in [0, 0.05) is 24.1 Å². The van der Waals surface area contributed by atoms with Crippen LogP contribution in [0.4, 0.5) is 5.82 Å². The van der Waals surface area contributed by atoms with Gasteiger partial charge in [-0.25, -0.2) is 0 Å². The zero-order valence-corrected chi connectivity index (χ0v) is 13.6. The van der Waals surface area contributed by atoms with Crippen molar-refractivity contribution in [3.8, 4) is 0 Å². The zero-order chi connectivity index (χ0) is 16.7. The number of carbonyl (C=O) groups excluding carboxylic acids is 2. The number of amides is 2. The molecule has 2 heterocycles. The van der Waals surface area contributed by atoms with Gasteiger partial charge in [0.25, 0.3) is 0 Å². The van der Waals surface area contributed by atoms with E-state index in [-0.39, 0.29) is 18.3 Å². The normalized spacial score (nSPS) is 11.9. The van der Waals surface area contributed by atoms with Gasteiger partial charge in [-0.3, -0.25) is 14.9 Å². The first kappa shape index (κ1) is 17.2. The summed E-state index contributed by atoms with van der Waals surface area (Å²) in [5, 5.41) is 19.6. The summed E-state index contributed by atoms with van der Waals surface area (Å²) >= 11 is 1.62. The van der Waals surface area contributed by atoms with E-state index in [9.17, 15) is 9.59 Å². The van der Waals surface area contributed by atoms with Gasteiger partial charge in [-0.05, 0) is 37.1 Å². The molecule has 3 N–H and O–H groups in total. The Morgan fingerprint density at radius 3 is 2.83 bits per heavy atom. The van der Waals surface area contributed by atoms with Crippen LogP contribution in [0.2, 0.25) is 0 Å². The number of nitrogens with zero attached hydrogens (tertiary/aromatic N) is 1. The van der Waals surface area contributed by atoms with Crippen LogP contribution in [-0.4, -0.2) is 35.2 Å². The van der Waals surface area contributed by atoms with Crippen LogP contribution < -0.4 is 10.6 Å². The molecule has 124 valence electrons. The number of aryl methyl sites for hydroxylation is 1. The average molecular weight is 337 g/mol. The lowest BCUT2D eigenvalue weighted by atomic mass is 10.00. The molecule has 8 heteroatoms. The standard InChI is InChI=1S/C15H19N3O4S/c1-10-9-13(18-22-10)17-15(21)14(20)16-6-4-11(5-7-19)12-3-2-8-23-12/h2-3,8-9,11,19H,4-7H2,1H3,(H,16,20)(H,17,18,21)/t11-/m0/s1. The van der Waals surface area contributed by atoms with Crippen molar-refractivity contribution in [2.75, 3.05) is 18.5 Å². The second-order valence-corrected chi connectivity index (χ2v) is 6.03. The van der Waals surface area contributed by atoms with Gasteiger partial charge in [0.15, 0.2) is 5.82 Å². The maximum Gasteiger partial charge on any atom is 0.314 e. The number of anilines is 1. The molecule has 0 aliphatic rings. The molecule has 0 aromatic carbocycles. The summed E-state index contributed by atoms with van der Waals surface area (Å²) in [5.74, 6) is -0.586. The number of aromatic nitrogens is 1. The van der Waals surface area contributed by atoms with Crippen LogP contribution in [0.3, 0.4) is 0 Å². The minimum absolute atomic E-state index is 0.0858. The van der Waals surface area contributed by atoms with Crippen LogP contribution in [0.15, 0.2) is 28.1 Å². The first-order chi connectivity index (χ1) is 11.1. The number of aliphatic hydroxyl groups is 1. The van der Waals surface area contributed by atoms with Crippen molar-refractivity contribution in [2.24, 2.45) is 0 Å². The molecule has 0 aliphatic heterocycles. The third kappa shape index (κ3) is 5.19. The Morgan fingerprint density at radius 1 is 1.39 bits per heavy atom. The second-order valence-electron chi connectivity index (χ2n) is 5.05. The highest BCUT2D eigenvalue weighted by Gasteiger charge is 2.17. The molecule has 7 nitrogen and oxygen atoms in total. The van der Waals surface area contributed by atoms with E-state index in [1.807, 2.05) is 17.5 Å². The molecular formula is C15H19N3O4S. The fraction of sp³-hybridized carbons (Fsp3) is 0.400. The highest BCUT2D eigenvalue weighted by Crippen LogP contribution is 2.26. The van der Waals surface area contributed by atoms with Crippen molar-refractivity contribution >= 4 is 29.0 Å². The fourth-order valence-electron chi connectivity index (χ4n) is 2.15. The van der Waals surface area contributed by atoms with Gasteiger partial charge in [0.05, 0.1) is 0 Å². The minimum Gasteiger partial charge on any atom is -0.396 e. The second kappa shape index (κ2) is 8.44. The molecule has 1 atom stereocenters. The largest absolute Gasteiger partial charge is 0.396 e. The lowest BCUT2D eigenvalue weighted by Crippen LogP contribution is -2.36. The van der Waals surface area contributed by atoms with Crippen molar-refractivity contribution in [3.63, 3.8) is 0 Å². The summed E-state index contributed by atoms with van der Waals surface area (Å²) < 4.78 is 4.81. The van der Waals surface area contributed by atoms with E-state index in [4.69, 9.17) is 9.63 Å². The zero-order valence-electron chi connectivity index (χ0n) is 12.7. The molecule has 0 radical (unpaired) electrons. The van der Waals surface area contributed by atoms with E-state index >= 15 is 0 Å². The molecule has 0 unspecified atom stereocenters. The molecule has 0 fully saturated rings. The molecule has 0 saturated carbocycles. The summed E-state index contributed by atoms with van der Waals surface area (Å²) in [5.41, 5.74) is 0. The maximum absolute atomic E-state index is 11.8. The maximum atomic E-state index is 11.8. The average Bonchev–Trinajstić information content (AvgIpc) is 3.18. The number of hydrogen-bond donors (Lipinski definition) is 3. The van der Waals surface area contributed by atoms with Crippen molar-refractivity contribution in [1.82, 2.24) is 10.5 Å². The molecule has 2 aromatic rings. The van der Waals surface area contributed by atoms with E-state index in [1.54, 1.807) is 18.3 Å². The number of nitrogens with one attached hydrogen (secondary N) is 2. The van der Waals surface area contributed by atoms with Crippen molar-refractivity contribution in [1.29, 1.82) is 0 Å². The van der Waals surface area contributed by atoms with Crippen LogP contribution in [0.25, 0.3) is 0 Å². The number of carbonyl (C=O) groups is 2. The first-order valence-electron chi connectivity index (χ1n) is 7.27. The van der Waals surface area contributed by atoms with Gasteiger partial charge < -0.3 is 14.9 Å². The number of rotatable bonds is 7. The predicted octanol–water partition coefficient (Wildman–Crippen LogP) is 1.66. The molecule has 0 aliphatic carbocycles. The van der Waals surface area contributed by atoms with Gasteiger partial charge in [-0.2, -0.15) is 0 Å². The van der Waals surface area contributed by atoms with Crippen molar-refractivity contribution in [2.45, 2.75) is 25.7 Å². The summed E-state index contributed by atoms with van der Waals surface area (Å²) in [6.07, 6.45) is 1.28. The van der Waals surface area contributed by atoms with Gasteiger partial charge in [-0.1, -0.05) is 11.2 Å². The van der Waals surface area contributed by atoms with E-state index < -0.39 is 11.8 Å². The van der Waals surface area contributed by atoms with Crippen LogP contribution in [-0.2, 0) is 9.59 Å². The predicted molar refractivity (Wildman–Crippen MR) is 86.3 cm³/mol. The first-order valence-corrected chi connectivity index (χ1v) is 8.15. The Morgan fingerprint density at radius 2 is 2.22 bits per heavy atom. The van der Waals surface area contributed by atoms with Crippen LogP contribution >= 0.6 is 11.3 Å². The Bertz CT molecular complexity index is 639. The monoisotopic (exact) mass is 337 g/mol. The molecule has 0 saturated heterocycles. The fourth-order valence-corrected chi connectivity index (χ4v) is 3.05. The molecule has 23 heavy (non-hydrogen) atoms. The van der Waals surface area contributed by atoms with Gasteiger partial charge >= 0.3 is 11.8 Å². The van der Waals surface area contributed by atoms with Gasteiger partial charge in [-0.15, -0.1) is 11.3 Å². The Balaban J connectivity index is 1.77. The van der Waals surface area contributed by atoms with Gasteiger partial charge in [0.1, 0.15) is 5.76 Å². The van der Waals surface area contributed by atoms with Crippen LogP contribution in [0.1, 0.15) is 29.4 Å². The number of aliphatic hydroxyl groups excluding tert-OH is 1. The van der Waals surface area contributed by atoms with Crippen molar-refractivity contribution < 1.29 is 19.2 Å². The minimum atomic E-state index is -0.784. The van der Waals surface area contributed by atoms with Gasteiger partial charge in [0.2, 0.25) is 0 Å². The highest BCUT2D eigenvalue weighted by atomic mass is 32.1. The topological polar surface area (TPSA) is 104 Å². The van der Waals surface area contributed by atoms with Crippen LogP contribution in [0, 0.1) is 6.92 Å². The summed E-state index contributed by atoms with van der Waals surface area (Å²) in [6, 6.07) is 5.49. The van der Waals surface area contributed by atoms with E-state index in [0.717, 1.165) is 4.88 Å². The molecule has 2 rings (SSSR count). The summed E-state index contributed by atoms with van der Waals surface area (Å²) in [6.45, 7) is 2.13. The summed E-state index contributed by atoms with van der Waals surface area (Å²) in [4.78, 5) is 24.6. The third-order valence-corrected chi connectivity index (χ3v) is 4.31. The van der Waals surface area contributed by atoms with E-state index in [1.165, 1.54) is 6.07 Å². The number of hydrogen-bond acceptors (Lipinski definition) is 6. The lowest BCUT2D eigenvalue weighted by molar-refractivity contribution is -0.136. The number of thiophene rings is 1. The van der Waals surface area contributed by atoms with E-state index in [2.05, 4.69) is 15.8 Å². The molecular weight excluding hydrogens is 318 g/mol. The molecule has 2 amide bonds. The van der Waals surface area contributed by atoms with Crippen LogP contribution in [0.5, 0.6) is 0 Å². The van der Waals surface area contributed by atoms with Crippen molar-refractivity contribution in [3.05, 3.63) is 34.2 Å². The Labute approximate surface area is 137 Å². The molecule has 2 aromatic heterocycles. The lowest BCUT2D eigenvalue weighted by Gasteiger charge is -2.14. The smallest absolute Gasteiger partial charge is 0.314 e. The quantitative estimate of drug-likeness (QED) is 0.667. The van der Waals surface area contributed by atoms with E-state index in [0.29, 0.717) is 25.1 Å². The highest BCUT2D eigenvalue weighted by molar-refractivity contribution is 7.10. The molecule has 0 bridgehead atoms. The Kier molecular flexibility index (Phi) is 6.30.